The van der Waals surface area contributed by atoms with Gasteiger partial charge in [0.1, 0.15) is 10.1 Å². The van der Waals surface area contributed by atoms with Crippen LogP contribution in [0.3, 0.4) is 0 Å². The van der Waals surface area contributed by atoms with Crippen molar-refractivity contribution < 1.29 is 64.4 Å². The zero-order valence-corrected chi connectivity index (χ0v) is 13.7. The fourth-order valence-corrected chi connectivity index (χ4v) is 2.78. The topological polar surface area (TPSA) is 70.1 Å². The summed E-state index contributed by atoms with van der Waals surface area (Å²) < 4.78 is 33.1. The molecule has 7 heteroatoms. The molecule has 2 aromatic rings. The molecule has 0 atom stereocenters. The van der Waals surface area contributed by atoms with E-state index in [1.54, 1.807) is 6.07 Å². The number of fused-ring (bicyclic) bond motifs is 1. The monoisotopic (exact) mass is 281 g/mol. The quantitative estimate of drug-likeness (QED) is 0.510. The van der Waals surface area contributed by atoms with Crippen molar-refractivity contribution >= 4 is 31.7 Å². The third-order valence-corrected chi connectivity index (χ3v) is 3.99. The van der Waals surface area contributed by atoms with Crippen molar-refractivity contribution in [2.24, 2.45) is 0 Å². The van der Waals surface area contributed by atoms with Crippen molar-refractivity contribution in [2.45, 2.75) is 18.2 Å². The van der Waals surface area contributed by atoms with Gasteiger partial charge in [0.15, 0.2) is 0 Å². The van der Waals surface area contributed by atoms with Crippen LogP contribution in [0.5, 0.6) is 0 Å². The van der Waals surface area contributed by atoms with Crippen molar-refractivity contribution in [3.8, 4) is 0 Å². The molecule has 4 nitrogen and oxygen atoms in total. The van der Waals surface area contributed by atoms with Crippen LogP contribution in [0.4, 0.5) is 0 Å². The Morgan fingerprint density at radius 1 is 1.44 bits per heavy atom. The summed E-state index contributed by atoms with van der Waals surface area (Å²) in [5.41, 5.74) is 0.740. The third-order valence-electron chi connectivity index (χ3n) is 2.00. The average Bonchev–Trinajstić information content (AvgIpc) is 2.57. The fraction of sp³-hybridized carbons (Fsp3) is 0.222. The van der Waals surface area contributed by atoms with Gasteiger partial charge in [-0.2, -0.15) is 0 Å². The first-order valence-electron chi connectivity index (χ1n) is 4.36. The number of rotatable bonds is 2. The molecule has 0 bridgehead atoms. The van der Waals surface area contributed by atoms with Gasteiger partial charge < -0.3 is 4.55 Å². The van der Waals surface area contributed by atoms with E-state index in [2.05, 4.69) is 4.98 Å². The van der Waals surface area contributed by atoms with Gasteiger partial charge >= 0.3 is 51.4 Å². The van der Waals surface area contributed by atoms with Crippen molar-refractivity contribution in [3.05, 3.63) is 23.2 Å². The maximum atomic E-state index is 10.8. The zero-order valence-electron chi connectivity index (χ0n) is 8.93. The Morgan fingerprint density at radius 2 is 2.12 bits per heavy atom. The van der Waals surface area contributed by atoms with Gasteiger partial charge in [-0.1, -0.05) is 6.92 Å². The minimum atomic E-state index is -4.36. The summed E-state index contributed by atoms with van der Waals surface area (Å²) in [4.78, 5) is 4.08. The molecule has 0 saturated carbocycles. The summed E-state index contributed by atoms with van der Waals surface area (Å²) >= 11 is 1.41. The second-order valence-corrected chi connectivity index (χ2v) is 5.54. The van der Waals surface area contributed by atoms with Gasteiger partial charge in [-0.3, -0.25) is 0 Å². The number of nitrogens with zero attached hydrogens (tertiary/aromatic N) is 1. The van der Waals surface area contributed by atoms with Crippen LogP contribution in [-0.4, -0.2) is 18.0 Å². The van der Waals surface area contributed by atoms with E-state index >= 15 is 0 Å². The molecule has 1 aromatic carbocycles. The molecule has 0 radical (unpaired) electrons. The van der Waals surface area contributed by atoms with Crippen LogP contribution in [0.2, 0.25) is 0 Å². The molecule has 0 saturated heterocycles. The van der Waals surface area contributed by atoms with E-state index in [4.69, 9.17) is 0 Å². The Labute approximate surface area is 140 Å². The van der Waals surface area contributed by atoms with E-state index in [1.165, 1.54) is 23.5 Å². The minimum absolute atomic E-state index is 0. The molecule has 0 unspecified atom stereocenters. The number of aromatic nitrogens is 1. The molecule has 0 fully saturated rings. The summed E-state index contributed by atoms with van der Waals surface area (Å²) in [6.45, 7) is 1.98. The van der Waals surface area contributed by atoms with E-state index in [9.17, 15) is 13.0 Å². The third kappa shape index (κ3) is 3.11. The van der Waals surface area contributed by atoms with E-state index in [0.29, 0.717) is 0 Å². The van der Waals surface area contributed by atoms with Gasteiger partial charge in [0.25, 0.3) is 0 Å². The Balaban J connectivity index is 0.00000128. The number of hydrogen-bond acceptors (Lipinski definition) is 5. The number of aryl methyl sites for hydroxylation is 1. The van der Waals surface area contributed by atoms with E-state index in [-0.39, 0.29) is 56.3 Å². The molecular formula is C9H8KNO3S2. The maximum absolute atomic E-state index is 10.8. The molecule has 0 spiro atoms. The van der Waals surface area contributed by atoms with E-state index < -0.39 is 10.1 Å². The second kappa shape index (κ2) is 5.53. The molecule has 16 heavy (non-hydrogen) atoms. The van der Waals surface area contributed by atoms with Gasteiger partial charge in [0.05, 0.1) is 20.1 Å². The van der Waals surface area contributed by atoms with Gasteiger partial charge in [-0.05, 0) is 24.6 Å². The Kier molecular flexibility index (Phi) is 5.09. The Bertz CT molecular complexity index is 606. The fourth-order valence-electron chi connectivity index (χ4n) is 1.26. The average molecular weight is 281 g/mol. The summed E-state index contributed by atoms with van der Waals surface area (Å²) in [7, 11) is -4.36. The minimum Gasteiger partial charge on any atom is -0.744 e. The summed E-state index contributed by atoms with van der Waals surface area (Å²) in [6.07, 6.45) is 0.804. The molecule has 0 N–H and O–H groups in total. The number of hydrogen-bond donors (Lipinski definition) is 0. The predicted octanol–water partition coefficient (Wildman–Crippen LogP) is -1.23. The summed E-state index contributed by atoms with van der Waals surface area (Å²) in [6, 6.07) is 4.24. The number of thiazole rings is 1. The van der Waals surface area contributed by atoms with Crippen LogP contribution in [-0.2, 0) is 16.5 Å². The van der Waals surface area contributed by atoms with Crippen molar-refractivity contribution in [2.75, 3.05) is 0 Å². The van der Waals surface area contributed by atoms with Gasteiger partial charge in [-0.25, -0.2) is 13.4 Å². The molecule has 80 valence electrons. The first-order valence-corrected chi connectivity index (χ1v) is 6.58. The first kappa shape index (κ1) is 14.7. The van der Waals surface area contributed by atoms with Crippen LogP contribution in [0.15, 0.2) is 23.1 Å². The van der Waals surface area contributed by atoms with Gasteiger partial charge in [0, 0.05) is 0 Å². The molecule has 0 amide bonds. The van der Waals surface area contributed by atoms with Crippen LogP contribution in [0, 0.1) is 0 Å². The van der Waals surface area contributed by atoms with Crippen LogP contribution in [0.1, 0.15) is 11.9 Å². The molecular weight excluding hydrogens is 273 g/mol. The van der Waals surface area contributed by atoms with Crippen molar-refractivity contribution in [1.82, 2.24) is 4.98 Å². The van der Waals surface area contributed by atoms with E-state index in [1.807, 2.05) is 6.92 Å². The largest absolute Gasteiger partial charge is 1.00 e. The van der Waals surface area contributed by atoms with Crippen molar-refractivity contribution in [1.29, 1.82) is 0 Å². The van der Waals surface area contributed by atoms with Gasteiger partial charge in [0.2, 0.25) is 0 Å². The molecule has 2 rings (SSSR count). The van der Waals surface area contributed by atoms with Crippen molar-refractivity contribution in [3.63, 3.8) is 0 Å². The standard InChI is InChI=1S/C9H9NO3S2.K/c1-2-9-10-7-4-3-6(15(11,12)13)5-8(7)14-9;/h3-5H,2H2,1H3,(H,11,12,13);/q;+1/p-1. The SMILES string of the molecule is CCc1nc2ccc(S(=O)(=O)[O-])cc2s1.[K+]. The predicted molar refractivity (Wildman–Crippen MR) is 57.0 cm³/mol. The number of benzene rings is 1. The maximum Gasteiger partial charge on any atom is 1.00 e. The Hall–Kier alpha value is 0.656. The Morgan fingerprint density at radius 3 is 2.69 bits per heavy atom. The van der Waals surface area contributed by atoms with Crippen LogP contribution in [0.25, 0.3) is 10.2 Å². The molecule has 0 aliphatic carbocycles. The second-order valence-electron chi connectivity index (χ2n) is 3.04. The molecule has 0 aliphatic rings. The van der Waals surface area contributed by atoms with E-state index in [0.717, 1.165) is 21.6 Å². The zero-order chi connectivity index (χ0) is 11.1. The first-order chi connectivity index (χ1) is 7.00. The molecule has 1 heterocycles. The van der Waals surface area contributed by atoms with Gasteiger partial charge in [-0.15, -0.1) is 11.3 Å². The summed E-state index contributed by atoms with van der Waals surface area (Å²) in [5, 5.41) is 0.936. The normalized spacial score (nSPS) is 11.4. The molecule has 0 aliphatic heterocycles. The summed E-state index contributed by atoms with van der Waals surface area (Å²) in [5.74, 6) is 0. The smallest absolute Gasteiger partial charge is 0.744 e. The molecule has 1 aromatic heterocycles. The van der Waals surface area contributed by atoms with Crippen LogP contribution < -0.4 is 51.4 Å². The van der Waals surface area contributed by atoms with Crippen LogP contribution >= 0.6 is 11.3 Å².